The lowest BCUT2D eigenvalue weighted by Crippen LogP contribution is -2.45. The molecule has 26 heavy (non-hydrogen) atoms. The van der Waals surface area contributed by atoms with Gasteiger partial charge in [-0.3, -0.25) is 0 Å². The van der Waals surface area contributed by atoms with E-state index in [1.165, 1.54) is 21.3 Å². The molecule has 1 aliphatic rings. The molecule has 0 saturated carbocycles. The molecule has 0 spiro atoms. The Morgan fingerprint density at radius 1 is 1.08 bits per heavy atom. The number of carbonyl (C=O) groups is 2. The lowest BCUT2D eigenvalue weighted by atomic mass is 9.95. The van der Waals surface area contributed by atoms with Crippen LogP contribution in [0.3, 0.4) is 0 Å². The highest BCUT2D eigenvalue weighted by molar-refractivity contribution is 5.95. The van der Waals surface area contributed by atoms with E-state index in [2.05, 4.69) is 10.6 Å². The van der Waals surface area contributed by atoms with Crippen LogP contribution in [0.2, 0.25) is 0 Å². The summed E-state index contributed by atoms with van der Waals surface area (Å²) >= 11 is 0. The summed E-state index contributed by atoms with van der Waals surface area (Å²) < 4.78 is 21.4. The van der Waals surface area contributed by atoms with Crippen molar-refractivity contribution >= 4 is 12.0 Å². The van der Waals surface area contributed by atoms with Crippen molar-refractivity contribution in [2.75, 3.05) is 21.3 Å². The van der Waals surface area contributed by atoms with Crippen molar-refractivity contribution < 1.29 is 28.5 Å². The number of ether oxygens (including phenoxy) is 4. The van der Waals surface area contributed by atoms with Gasteiger partial charge in [0.2, 0.25) is 5.75 Å². The van der Waals surface area contributed by atoms with E-state index >= 15 is 0 Å². The summed E-state index contributed by atoms with van der Waals surface area (Å²) in [5.41, 5.74) is 1.34. The van der Waals surface area contributed by atoms with E-state index < -0.39 is 18.0 Å². The maximum atomic E-state index is 12.6. The number of hydrogen-bond acceptors (Lipinski definition) is 6. The molecular weight excluding hydrogens is 340 g/mol. The quantitative estimate of drug-likeness (QED) is 0.752. The Balaban J connectivity index is 2.57. The Hall–Kier alpha value is -2.90. The highest BCUT2D eigenvalue weighted by atomic mass is 16.5. The monoisotopic (exact) mass is 364 g/mol. The molecule has 0 bridgehead atoms. The normalized spacial score (nSPS) is 16.7. The molecule has 2 amide bonds. The Morgan fingerprint density at radius 3 is 2.12 bits per heavy atom. The summed E-state index contributed by atoms with van der Waals surface area (Å²) in [4.78, 5) is 24.6. The first-order valence-corrected chi connectivity index (χ1v) is 8.11. The summed E-state index contributed by atoms with van der Waals surface area (Å²) in [5.74, 6) is 0.752. The highest BCUT2D eigenvalue weighted by Gasteiger charge is 2.33. The predicted octanol–water partition coefficient (Wildman–Crippen LogP) is 2.29. The van der Waals surface area contributed by atoms with Crippen LogP contribution in [0, 0.1) is 0 Å². The molecule has 0 saturated heterocycles. The summed E-state index contributed by atoms with van der Waals surface area (Å²) in [6.45, 7) is 5.18. The number of nitrogens with one attached hydrogen (secondary N) is 2. The number of hydrogen-bond donors (Lipinski definition) is 2. The van der Waals surface area contributed by atoms with Gasteiger partial charge in [0, 0.05) is 5.70 Å². The second kappa shape index (κ2) is 7.99. The molecule has 0 radical (unpaired) electrons. The third-order valence-corrected chi connectivity index (χ3v) is 3.85. The zero-order valence-electron chi connectivity index (χ0n) is 15.8. The smallest absolute Gasteiger partial charge is 0.338 e. The Labute approximate surface area is 152 Å². The van der Waals surface area contributed by atoms with Crippen LogP contribution in [0.5, 0.6) is 17.2 Å². The SMILES string of the molecule is COc1cc([C@H]2NC(=O)NC(C)=C2C(=O)OC(C)C)cc(OC)c1OC. The third kappa shape index (κ3) is 3.84. The van der Waals surface area contributed by atoms with Gasteiger partial charge < -0.3 is 29.6 Å². The van der Waals surface area contributed by atoms with Gasteiger partial charge in [0.1, 0.15) is 0 Å². The number of urea groups is 1. The molecule has 1 heterocycles. The standard InChI is InChI=1S/C18H24N2O6/c1-9(2)26-17(21)14-10(3)19-18(22)20-15(14)11-7-12(23-4)16(25-6)13(8-11)24-5/h7-9,15H,1-6H3,(H2,19,20,22)/t15-/m1/s1. The number of rotatable bonds is 6. The first-order valence-electron chi connectivity index (χ1n) is 8.11. The summed E-state index contributed by atoms with van der Waals surface area (Å²) in [7, 11) is 4.50. The van der Waals surface area contributed by atoms with Crippen LogP contribution in [0.4, 0.5) is 4.79 Å². The fraction of sp³-hybridized carbons (Fsp3) is 0.444. The number of benzene rings is 1. The number of carbonyl (C=O) groups excluding carboxylic acids is 2. The Morgan fingerprint density at radius 2 is 1.65 bits per heavy atom. The molecule has 1 aromatic rings. The van der Waals surface area contributed by atoms with E-state index in [0.717, 1.165) is 0 Å². The zero-order chi connectivity index (χ0) is 19.4. The average Bonchev–Trinajstić information content (AvgIpc) is 2.58. The first kappa shape index (κ1) is 19.4. The van der Waals surface area contributed by atoms with E-state index in [9.17, 15) is 9.59 Å². The number of methoxy groups -OCH3 is 3. The molecule has 0 aliphatic carbocycles. The van der Waals surface area contributed by atoms with Gasteiger partial charge in [-0.05, 0) is 38.5 Å². The predicted molar refractivity (Wildman–Crippen MR) is 94.4 cm³/mol. The van der Waals surface area contributed by atoms with Crippen molar-refractivity contribution in [3.8, 4) is 17.2 Å². The Kier molecular flexibility index (Phi) is 5.97. The molecular formula is C18H24N2O6. The first-order chi connectivity index (χ1) is 12.3. The van der Waals surface area contributed by atoms with Crippen LogP contribution in [0.1, 0.15) is 32.4 Å². The number of allylic oxidation sites excluding steroid dienone is 1. The van der Waals surface area contributed by atoms with Crippen LogP contribution in [0.25, 0.3) is 0 Å². The topological polar surface area (TPSA) is 95.1 Å². The van der Waals surface area contributed by atoms with Gasteiger partial charge in [0.15, 0.2) is 11.5 Å². The molecule has 8 nitrogen and oxygen atoms in total. The Bertz CT molecular complexity index is 716. The zero-order valence-corrected chi connectivity index (χ0v) is 15.8. The van der Waals surface area contributed by atoms with Crippen LogP contribution in [-0.2, 0) is 9.53 Å². The molecule has 2 rings (SSSR count). The maximum absolute atomic E-state index is 12.6. The van der Waals surface area contributed by atoms with Gasteiger partial charge in [0.05, 0.1) is 39.0 Å². The lowest BCUT2D eigenvalue weighted by molar-refractivity contribution is -0.143. The highest BCUT2D eigenvalue weighted by Crippen LogP contribution is 2.41. The van der Waals surface area contributed by atoms with Crippen molar-refractivity contribution in [3.05, 3.63) is 29.0 Å². The largest absolute Gasteiger partial charge is 0.493 e. The van der Waals surface area contributed by atoms with E-state index in [1.807, 2.05) is 0 Å². The van der Waals surface area contributed by atoms with Gasteiger partial charge in [0.25, 0.3) is 0 Å². The van der Waals surface area contributed by atoms with Crippen LogP contribution < -0.4 is 24.8 Å². The minimum Gasteiger partial charge on any atom is -0.493 e. The van der Waals surface area contributed by atoms with E-state index in [1.54, 1.807) is 32.9 Å². The van der Waals surface area contributed by atoms with E-state index in [4.69, 9.17) is 18.9 Å². The van der Waals surface area contributed by atoms with Crippen molar-refractivity contribution in [1.29, 1.82) is 0 Å². The van der Waals surface area contributed by atoms with E-state index in [0.29, 0.717) is 34.1 Å². The van der Waals surface area contributed by atoms with Gasteiger partial charge in [-0.2, -0.15) is 0 Å². The second-order valence-corrected chi connectivity index (χ2v) is 5.98. The van der Waals surface area contributed by atoms with Gasteiger partial charge >= 0.3 is 12.0 Å². The van der Waals surface area contributed by atoms with E-state index in [-0.39, 0.29) is 6.10 Å². The molecule has 8 heteroatoms. The van der Waals surface area contributed by atoms with Crippen molar-refractivity contribution in [2.45, 2.75) is 32.9 Å². The molecule has 1 aliphatic heterocycles. The van der Waals surface area contributed by atoms with Crippen LogP contribution >= 0.6 is 0 Å². The fourth-order valence-corrected chi connectivity index (χ4v) is 2.76. The van der Waals surface area contributed by atoms with Gasteiger partial charge in [-0.25, -0.2) is 9.59 Å². The molecule has 0 aromatic heterocycles. The summed E-state index contributed by atoms with van der Waals surface area (Å²) in [6, 6.07) is 2.24. The van der Waals surface area contributed by atoms with Gasteiger partial charge in [-0.15, -0.1) is 0 Å². The summed E-state index contributed by atoms with van der Waals surface area (Å²) in [6.07, 6.45) is -0.291. The summed E-state index contributed by atoms with van der Waals surface area (Å²) in [5, 5.41) is 5.35. The minimum absolute atomic E-state index is 0.291. The number of esters is 1. The maximum Gasteiger partial charge on any atom is 0.338 e. The molecule has 2 N–H and O–H groups in total. The molecule has 0 unspecified atom stereocenters. The minimum atomic E-state index is -0.719. The fourth-order valence-electron chi connectivity index (χ4n) is 2.76. The number of amides is 2. The van der Waals surface area contributed by atoms with Gasteiger partial charge in [-0.1, -0.05) is 0 Å². The van der Waals surface area contributed by atoms with Crippen molar-refractivity contribution in [2.24, 2.45) is 0 Å². The van der Waals surface area contributed by atoms with Crippen LogP contribution in [0.15, 0.2) is 23.4 Å². The lowest BCUT2D eigenvalue weighted by Gasteiger charge is -2.29. The van der Waals surface area contributed by atoms with Crippen molar-refractivity contribution in [1.82, 2.24) is 10.6 Å². The molecule has 0 fully saturated rings. The molecule has 1 aromatic carbocycles. The molecule has 1 atom stereocenters. The molecule has 142 valence electrons. The second-order valence-electron chi connectivity index (χ2n) is 5.98. The third-order valence-electron chi connectivity index (χ3n) is 3.85. The average molecular weight is 364 g/mol. The van der Waals surface area contributed by atoms with Crippen molar-refractivity contribution in [3.63, 3.8) is 0 Å². The van der Waals surface area contributed by atoms with Crippen LogP contribution in [-0.4, -0.2) is 39.4 Å².